The summed E-state index contributed by atoms with van der Waals surface area (Å²) in [6, 6.07) is 3.20. The minimum Gasteiger partial charge on any atom is -0.497 e. The zero-order chi connectivity index (χ0) is 12.3. The summed E-state index contributed by atoms with van der Waals surface area (Å²) in [5, 5.41) is 0.685. The summed E-state index contributed by atoms with van der Waals surface area (Å²) in [7, 11) is 1.53. The molecule has 1 rings (SSSR count). The molecule has 0 fully saturated rings. The van der Waals surface area contributed by atoms with Gasteiger partial charge in [0.05, 0.1) is 22.7 Å². The maximum absolute atomic E-state index is 11.9. The van der Waals surface area contributed by atoms with Gasteiger partial charge in [-0.2, -0.15) is 0 Å². The molecule has 88 valence electrons. The van der Waals surface area contributed by atoms with Gasteiger partial charge in [0, 0.05) is 6.42 Å². The highest BCUT2D eigenvalue weighted by atomic mass is 35.5. The second-order valence-electron chi connectivity index (χ2n) is 3.99. The lowest BCUT2D eigenvalue weighted by Crippen LogP contribution is -2.05. The number of hydrogen-bond donors (Lipinski definition) is 0. The average Bonchev–Trinajstić information content (AvgIpc) is 2.15. The fourth-order valence-electron chi connectivity index (χ4n) is 1.41. The van der Waals surface area contributed by atoms with Gasteiger partial charge in [0.15, 0.2) is 5.78 Å². The maximum Gasteiger partial charge on any atom is 0.166 e. The molecule has 0 saturated heterocycles. The van der Waals surface area contributed by atoms with Crippen LogP contribution in [0.5, 0.6) is 5.75 Å². The van der Waals surface area contributed by atoms with Crippen LogP contribution >= 0.6 is 23.2 Å². The molecule has 0 bridgehead atoms. The number of methoxy groups -OCH3 is 1. The molecular weight excluding hydrogens is 247 g/mol. The van der Waals surface area contributed by atoms with Crippen LogP contribution in [-0.2, 0) is 0 Å². The highest BCUT2D eigenvalue weighted by Crippen LogP contribution is 2.31. The molecule has 1 aromatic rings. The van der Waals surface area contributed by atoms with E-state index in [2.05, 4.69) is 0 Å². The molecule has 1 aromatic carbocycles. The van der Waals surface area contributed by atoms with E-state index in [1.807, 2.05) is 13.8 Å². The van der Waals surface area contributed by atoms with Gasteiger partial charge in [-0.15, -0.1) is 0 Å². The Hall–Kier alpha value is -0.730. The van der Waals surface area contributed by atoms with Crippen molar-refractivity contribution in [3.63, 3.8) is 0 Å². The predicted molar refractivity (Wildman–Crippen MR) is 66.8 cm³/mol. The van der Waals surface area contributed by atoms with E-state index >= 15 is 0 Å². The van der Waals surface area contributed by atoms with Crippen molar-refractivity contribution in [1.29, 1.82) is 0 Å². The predicted octanol–water partition coefficient (Wildman–Crippen LogP) is 4.23. The SMILES string of the molecule is COc1cc(Cl)c(C(=O)CC(C)C)c(Cl)c1. The molecule has 0 heterocycles. The van der Waals surface area contributed by atoms with Gasteiger partial charge in [0.2, 0.25) is 0 Å². The van der Waals surface area contributed by atoms with Crippen molar-refractivity contribution < 1.29 is 9.53 Å². The van der Waals surface area contributed by atoms with Crippen LogP contribution in [0.3, 0.4) is 0 Å². The lowest BCUT2D eigenvalue weighted by Gasteiger charge is -2.09. The minimum absolute atomic E-state index is 0.0346. The third-order valence-electron chi connectivity index (χ3n) is 2.12. The standard InChI is InChI=1S/C12H14Cl2O2/c1-7(2)4-11(15)12-9(13)5-8(16-3)6-10(12)14/h5-7H,4H2,1-3H3. The number of halogens is 2. The van der Waals surface area contributed by atoms with E-state index in [0.717, 1.165) is 0 Å². The Kier molecular flexibility index (Phi) is 4.63. The number of carbonyl (C=O) groups is 1. The number of ether oxygens (including phenoxy) is 1. The van der Waals surface area contributed by atoms with Crippen molar-refractivity contribution >= 4 is 29.0 Å². The first-order valence-electron chi connectivity index (χ1n) is 5.02. The molecule has 0 atom stereocenters. The first-order chi connectivity index (χ1) is 7.45. The molecule has 0 amide bonds. The highest BCUT2D eigenvalue weighted by Gasteiger charge is 2.17. The van der Waals surface area contributed by atoms with Gasteiger partial charge in [0.1, 0.15) is 5.75 Å². The second-order valence-corrected chi connectivity index (χ2v) is 4.80. The van der Waals surface area contributed by atoms with Gasteiger partial charge in [-0.3, -0.25) is 4.79 Å². The highest BCUT2D eigenvalue weighted by molar-refractivity contribution is 6.40. The molecule has 0 spiro atoms. The zero-order valence-electron chi connectivity index (χ0n) is 9.51. The summed E-state index contributed by atoms with van der Waals surface area (Å²) in [6.07, 6.45) is 0.436. The van der Waals surface area contributed by atoms with Gasteiger partial charge >= 0.3 is 0 Å². The van der Waals surface area contributed by atoms with Gasteiger partial charge in [-0.25, -0.2) is 0 Å². The molecule has 0 aromatic heterocycles. The van der Waals surface area contributed by atoms with E-state index in [4.69, 9.17) is 27.9 Å². The van der Waals surface area contributed by atoms with Crippen molar-refractivity contribution in [3.05, 3.63) is 27.7 Å². The second kappa shape index (κ2) is 5.55. The van der Waals surface area contributed by atoms with E-state index in [9.17, 15) is 4.79 Å². The van der Waals surface area contributed by atoms with Crippen molar-refractivity contribution in [1.82, 2.24) is 0 Å². The molecule has 2 nitrogen and oxygen atoms in total. The third kappa shape index (κ3) is 3.13. The molecule has 0 aliphatic heterocycles. The summed E-state index contributed by atoms with van der Waals surface area (Å²) < 4.78 is 5.01. The first kappa shape index (κ1) is 13.3. The molecular formula is C12H14Cl2O2. The lowest BCUT2D eigenvalue weighted by atomic mass is 10.0. The van der Waals surface area contributed by atoms with Crippen LogP contribution in [0.1, 0.15) is 30.6 Å². The fourth-order valence-corrected chi connectivity index (χ4v) is 2.08. The molecule has 0 N–H and O–H groups in total. The average molecular weight is 261 g/mol. The molecule has 4 heteroatoms. The van der Waals surface area contributed by atoms with Crippen molar-refractivity contribution in [2.75, 3.05) is 7.11 Å². The Morgan fingerprint density at radius 3 is 2.19 bits per heavy atom. The Balaban J connectivity index is 3.09. The lowest BCUT2D eigenvalue weighted by molar-refractivity contribution is 0.0968. The summed E-state index contributed by atoms with van der Waals surface area (Å²) in [5.74, 6) is 0.797. The third-order valence-corrected chi connectivity index (χ3v) is 2.72. The molecule has 16 heavy (non-hydrogen) atoms. The van der Waals surface area contributed by atoms with Crippen LogP contribution in [-0.4, -0.2) is 12.9 Å². The van der Waals surface area contributed by atoms with Gasteiger partial charge in [-0.1, -0.05) is 37.0 Å². The Bertz CT molecular complexity index is 377. The van der Waals surface area contributed by atoms with Crippen LogP contribution in [0.4, 0.5) is 0 Å². The number of rotatable bonds is 4. The number of benzene rings is 1. The largest absolute Gasteiger partial charge is 0.497 e. The van der Waals surface area contributed by atoms with E-state index < -0.39 is 0 Å². The Morgan fingerprint density at radius 1 is 1.31 bits per heavy atom. The van der Waals surface area contributed by atoms with Crippen LogP contribution < -0.4 is 4.74 Å². The van der Waals surface area contributed by atoms with E-state index in [1.165, 1.54) is 7.11 Å². The fraction of sp³-hybridized carbons (Fsp3) is 0.417. The van der Waals surface area contributed by atoms with Crippen molar-refractivity contribution in [2.45, 2.75) is 20.3 Å². The zero-order valence-corrected chi connectivity index (χ0v) is 11.0. The van der Waals surface area contributed by atoms with Gasteiger partial charge in [-0.05, 0) is 18.1 Å². The molecule has 0 unspecified atom stereocenters. The maximum atomic E-state index is 11.9. The smallest absolute Gasteiger partial charge is 0.166 e. The Labute approximate surface area is 106 Å². The molecule has 0 aliphatic rings. The van der Waals surface area contributed by atoms with E-state index in [0.29, 0.717) is 27.8 Å². The Morgan fingerprint density at radius 2 is 1.81 bits per heavy atom. The van der Waals surface area contributed by atoms with Crippen LogP contribution in [0, 0.1) is 5.92 Å². The van der Waals surface area contributed by atoms with Crippen molar-refractivity contribution in [3.8, 4) is 5.75 Å². The summed E-state index contributed by atoms with van der Waals surface area (Å²) in [5.41, 5.74) is 0.387. The van der Waals surface area contributed by atoms with Gasteiger partial charge < -0.3 is 4.74 Å². The molecule has 0 radical (unpaired) electrons. The molecule has 0 saturated carbocycles. The van der Waals surface area contributed by atoms with Crippen LogP contribution in [0.25, 0.3) is 0 Å². The summed E-state index contributed by atoms with van der Waals surface area (Å²) >= 11 is 12.0. The van der Waals surface area contributed by atoms with Crippen molar-refractivity contribution in [2.24, 2.45) is 5.92 Å². The number of ketones is 1. The number of carbonyl (C=O) groups excluding carboxylic acids is 1. The summed E-state index contributed by atoms with van der Waals surface area (Å²) in [6.45, 7) is 3.95. The quantitative estimate of drug-likeness (QED) is 0.758. The van der Waals surface area contributed by atoms with E-state index in [1.54, 1.807) is 12.1 Å². The summed E-state index contributed by atoms with van der Waals surface area (Å²) in [4.78, 5) is 11.9. The molecule has 0 aliphatic carbocycles. The minimum atomic E-state index is -0.0346. The van der Waals surface area contributed by atoms with Gasteiger partial charge in [0.25, 0.3) is 0 Å². The monoisotopic (exact) mass is 260 g/mol. The first-order valence-corrected chi connectivity index (χ1v) is 5.77. The van der Waals surface area contributed by atoms with Crippen LogP contribution in [0.15, 0.2) is 12.1 Å². The number of Topliss-reactive ketones (excluding diaryl/α,β-unsaturated/α-hetero) is 1. The normalized spacial score (nSPS) is 10.6. The topological polar surface area (TPSA) is 26.3 Å². The number of hydrogen-bond acceptors (Lipinski definition) is 2. The van der Waals surface area contributed by atoms with E-state index in [-0.39, 0.29) is 11.7 Å². The van der Waals surface area contributed by atoms with Crippen LogP contribution in [0.2, 0.25) is 10.0 Å².